The molecule has 0 bridgehead atoms. The largest absolute Gasteiger partial charge is 0.492 e. The zero-order chi connectivity index (χ0) is 21.6. The van der Waals surface area contributed by atoms with Gasteiger partial charge in [0.05, 0.1) is 18.9 Å². The topological polar surface area (TPSA) is 97.3 Å². The lowest BCUT2D eigenvalue weighted by atomic mass is 10.2. The summed E-state index contributed by atoms with van der Waals surface area (Å²) in [5.41, 5.74) is 2.88. The van der Waals surface area contributed by atoms with Crippen LogP contribution >= 0.6 is 0 Å². The molecular formula is C22H30N6O3. The maximum Gasteiger partial charge on any atom is 0.278 e. The van der Waals surface area contributed by atoms with Crippen molar-refractivity contribution < 1.29 is 9.47 Å². The Hall–Kier alpha value is -2.91. The number of aromatic nitrogens is 4. The first-order chi connectivity index (χ1) is 15.1. The number of aromatic amines is 1. The van der Waals surface area contributed by atoms with E-state index < -0.39 is 0 Å². The highest BCUT2D eigenvalue weighted by atomic mass is 16.5. The van der Waals surface area contributed by atoms with Crippen molar-refractivity contribution in [1.82, 2.24) is 24.6 Å². The van der Waals surface area contributed by atoms with Gasteiger partial charge in [0.2, 0.25) is 5.95 Å². The predicted molar refractivity (Wildman–Crippen MR) is 120 cm³/mol. The van der Waals surface area contributed by atoms with Crippen molar-refractivity contribution in [1.29, 1.82) is 0 Å². The number of hydrogen-bond acceptors (Lipinski definition) is 7. The van der Waals surface area contributed by atoms with Gasteiger partial charge in [0.15, 0.2) is 5.52 Å². The fraction of sp³-hybridized carbons (Fsp3) is 0.500. The number of hydrogen-bond donors (Lipinski definition) is 2. The van der Waals surface area contributed by atoms with E-state index in [9.17, 15) is 4.79 Å². The number of rotatable bonds is 9. The Morgan fingerprint density at radius 3 is 2.94 bits per heavy atom. The van der Waals surface area contributed by atoms with E-state index in [-0.39, 0.29) is 5.56 Å². The number of nitrogens with one attached hydrogen (secondary N) is 2. The van der Waals surface area contributed by atoms with Crippen LogP contribution in [-0.4, -0.2) is 64.1 Å². The van der Waals surface area contributed by atoms with Gasteiger partial charge in [0, 0.05) is 33.2 Å². The highest BCUT2D eigenvalue weighted by Crippen LogP contribution is 2.17. The van der Waals surface area contributed by atoms with E-state index >= 15 is 0 Å². The van der Waals surface area contributed by atoms with Crippen molar-refractivity contribution in [3.8, 4) is 5.75 Å². The molecule has 9 nitrogen and oxygen atoms in total. The Balaban J connectivity index is 1.38. The molecule has 1 aliphatic rings. The molecule has 0 unspecified atom stereocenters. The van der Waals surface area contributed by atoms with E-state index in [0.717, 1.165) is 62.7 Å². The first kappa shape index (κ1) is 21.3. The van der Waals surface area contributed by atoms with Crippen LogP contribution in [0.4, 0.5) is 5.95 Å². The predicted octanol–water partition coefficient (Wildman–Crippen LogP) is 1.93. The molecule has 3 aromatic rings. The molecule has 0 atom stereocenters. The number of aryl methyl sites for hydroxylation is 2. The van der Waals surface area contributed by atoms with Gasteiger partial charge in [0.25, 0.3) is 5.56 Å². The van der Waals surface area contributed by atoms with E-state index in [1.165, 1.54) is 0 Å². The van der Waals surface area contributed by atoms with Crippen LogP contribution in [0.3, 0.4) is 0 Å². The molecule has 166 valence electrons. The van der Waals surface area contributed by atoms with Crippen molar-refractivity contribution in [3.05, 3.63) is 45.9 Å². The quantitative estimate of drug-likeness (QED) is 0.540. The standard InChI is InChI=1S/C22H30N6O3/c1-3-5-18-19-20(27(2)26-18)21(29)25-22(24-19)23-15-16-6-4-7-17(14-16)31-13-10-28-8-11-30-12-9-28/h4,6-7,14H,3,5,8-13,15H2,1-2H3,(H2,23,24,25,29). The lowest BCUT2D eigenvalue weighted by Gasteiger charge is -2.26. The molecule has 31 heavy (non-hydrogen) atoms. The zero-order valence-electron chi connectivity index (χ0n) is 18.2. The van der Waals surface area contributed by atoms with Crippen molar-refractivity contribution in [2.45, 2.75) is 26.3 Å². The lowest BCUT2D eigenvalue weighted by Crippen LogP contribution is -2.38. The van der Waals surface area contributed by atoms with Gasteiger partial charge in [-0.2, -0.15) is 5.10 Å². The van der Waals surface area contributed by atoms with Crippen molar-refractivity contribution in [2.75, 3.05) is 44.8 Å². The molecule has 0 radical (unpaired) electrons. The molecule has 0 saturated carbocycles. The van der Waals surface area contributed by atoms with Crippen LogP contribution in [-0.2, 0) is 24.8 Å². The summed E-state index contributed by atoms with van der Waals surface area (Å²) in [4.78, 5) is 22.3. The Bertz CT molecular complexity index is 1070. The van der Waals surface area contributed by atoms with Crippen molar-refractivity contribution in [3.63, 3.8) is 0 Å². The third kappa shape index (κ3) is 5.23. The van der Waals surface area contributed by atoms with Crippen LogP contribution in [0.2, 0.25) is 0 Å². The number of anilines is 1. The molecule has 4 rings (SSSR count). The first-order valence-corrected chi connectivity index (χ1v) is 10.9. The van der Waals surface area contributed by atoms with Gasteiger partial charge < -0.3 is 14.8 Å². The normalized spacial score (nSPS) is 14.8. The van der Waals surface area contributed by atoms with Crippen LogP contribution in [0.5, 0.6) is 5.75 Å². The molecule has 0 amide bonds. The fourth-order valence-corrected chi connectivity index (χ4v) is 3.78. The van der Waals surface area contributed by atoms with Crippen molar-refractivity contribution in [2.24, 2.45) is 7.05 Å². The minimum absolute atomic E-state index is 0.190. The number of nitrogens with zero attached hydrogens (tertiary/aromatic N) is 4. The third-order valence-corrected chi connectivity index (χ3v) is 5.39. The Morgan fingerprint density at radius 2 is 2.13 bits per heavy atom. The molecule has 1 aliphatic heterocycles. The van der Waals surface area contributed by atoms with E-state index in [0.29, 0.717) is 30.1 Å². The monoisotopic (exact) mass is 426 g/mol. The average Bonchev–Trinajstić information content (AvgIpc) is 3.09. The molecular weight excluding hydrogens is 396 g/mol. The highest BCUT2D eigenvalue weighted by molar-refractivity contribution is 5.77. The Labute approximate surface area is 181 Å². The number of fused-ring (bicyclic) bond motifs is 1. The zero-order valence-corrected chi connectivity index (χ0v) is 18.2. The van der Waals surface area contributed by atoms with Crippen LogP contribution in [0.15, 0.2) is 29.1 Å². The molecule has 1 aromatic carbocycles. The second kappa shape index (κ2) is 9.93. The maximum atomic E-state index is 12.5. The van der Waals surface area contributed by atoms with Crippen LogP contribution < -0.4 is 15.6 Å². The maximum absolute atomic E-state index is 12.5. The average molecular weight is 427 g/mol. The van der Waals surface area contributed by atoms with Gasteiger partial charge in [-0.05, 0) is 24.1 Å². The summed E-state index contributed by atoms with van der Waals surface area (Å²) in [7, 11) is 1.77. The summed E-state index contributed by atoms with van der Waals surface area (Å²) in [6.07, 6.45) is 1.73. The fourth-order valence-electron chi connectivity index (χ4n) is 3.78. The minimum Gasteiger partial charge on any atom is -0.492 e. The van der Waals surface area contributed by atoms with Crippen LogP contribution in [0.25, 0.3) is 11.0 Å². The highest BCUT2D eigenvalue weighted by Gasteiger charge is 2.14. The number of ether oxygens (including phenoxy) is 2. The summed E-state index contributed by atoms with van der Waals surface area (Å²) in [6.45, 7) is 7.65. The van der Waals surface area contributed by atoms with Gasteiger partial charge in [0.1, 0.15) is 17.9 Å². The van der Waals surface area contributed by atoms with Crippen LogP contribution in [0, 0.1) is 0 Å². The van der Waals surface area contributed by atoms with E-state index in [2.05, 4.69) is 32.2 Å². The number of H-pyrrole nitrogens is 1. The molecule has 0 spiro atoms. The first-order valence-electron chi connectivity index (χ1n) is 10.9. The van der Waals surface area contributed by atoms with E-state index in [1.807, 2.05) is 24.3 Å². The summed E-state index contributed by atoms with van der Waals surface area (Å²) in [6, 6.07) is 7.96. The summed E-state index contributed by atoms with van der Waals surface area (Å²) < 4.78 is 12.9. The molecule has 2 aromatic heterocycles. The second-order valence-corrected chi connectivity index (χ2v) is 7.74. The lowest BCUT2D eigenvalue weighted by molar-refractivity contribution is 0.0322. The van der Waals surface area contributed by atoms with Crippen molar-refractivity contribution >= 4 is 17.0 Å². The number of morpholine rings is 1. The summed E-state index contributed by atoms with van der Waals surface area (Å²) in [5.74, 6) is 1.28. The Kier molecular flexibility index (Phi) is 6.83. The molecule has 1 fully saturated rings. The summed E-state index contributed by atoms with van der Waals surface area (Å²) >= 11 is 0. The van der Waals surface area contributed by atoms with Gasteiger partial charge in [-0.3, -0.25) is 19.4 Å². The minimum atomic E-state index is -0.190. The molecule has 9 heteroatoms. The van der Waals surface area contributed by atoms with Gasteiger partial charge in [-0.25, -0.2) is 4.98 Å². The molecule has 0 aliphatic carbocycles. The summed E-state index contributed by atoms with van der Waals surface area (Å²) in [5, 5.41) is 7.68. The number of benzene rings is 1. The SMILES string of the molecule is CCCc1nn(C)c2c(=O)[nH]c(NCc3cccc(OCCN4CCOCC4)c3)nc12. The smallest absolute Gasteiger partial charge is 0.278 e. The third-order valence-electron chi connectivity index (χ3n) is 5.39. The molecule has 2 N–H and O–H groups in total. The second-order valence-electron chi connectivity index (χ2n) is 7.74. The van der Waals surface area contributed by atoms with Gasteiger partial charge >= 0.3 is 0 Å². The van der Waals surface area contributed by atoms with Crippen LogP contribution in [0.1, 0.15) is 24.6 Å². The Morgan fingerprint density at radius 1 is 1.29 bits per heavy atom. The van der Waals surface area contributed by atoms with E-state index in [1.54, 1.807) is 11.7 Å². The molecule has 3 heterocycles. The van der Waals surface area contributed by atoms with Gasteiger partial charge in [-0.1, -0.05) is 25.5 Å². The van der Waals surface area contributed by atoms with E-state index in [4.69, 9.17) is 9.47 Å². The molecule has 1 saturated heterocycles. The van der Waals surface area contributed by atoms with Gasteiger partial charge in [-0.15, -0.1) is 0 Å².